The Bertz CT molecular complexity index is 684. The lowest BCUT2D eigenvalue weighted by atomic mass is 9.80. The van der Waals surface area contributed by atoms with Gasteiger partial charge in [-0.05, 0) is 63.4 Å². The van der Waals surface area contributed by atoms with Crippen LogP contribution in [0.3, 0.4) is 0 Å². The van der Waals surface area contributed by atoms with Gasteiger partial charge in [0.2, 0.25) is 0 Å². The van der Waals surface area contributed by atoms with Gasteiger partial charge in [0.1, 0.15) is 17.2 Å². The van der Waals surface area contributed by atoms with Crippen molar-refractivity contribution < 1.29 is 18.7 Å². The summed E-state index contributed by atoms with van der Waals surface area (Å²) in [5.74, 6) is 0.631. The van der Waals surface area contributed by atoms with Crippen LogP contribution in [0.1, 0.15) is 32.3 Å². The molecule has 25 heavy (non-hydrogen) atoms. The molecule has 2 heterocycles. The second kappa shape index (κ2) is 7.16. The summed E-state index contributed by atoms with van der Waals surface area (Å²) >= 11 is 0. The number of nitrogens with zero attached hydrogens (tertiary/aromatic N) is 1. The Balaban J connectivity index is 1.63. The Kier molecular flexibility index (Phi) is 5.13. The Morgan fingerprint density at radius 1 is 1.44 bits per heavy atom. The molecule has 0 spiro atoms. The van der Waals surface area contributed by atoms with Crippen molar-refractivity contribution >= 4 is 5.97 Å². The van der Waals surface area contributed by atoms with Crippen LogP contribution in [0.5, 0.6) is 5.75 Å². The van der Waals surface area contributed by atoms with Crippen molar-refractivity contribution in [2.24, 2.45) is 5.92 Å². The quantitative estimate of drug-likeness (QED) is 0.783. The molecular weight excluding hydrogens is 321 g/mol. The molecule has 0 fully saturated rings. The molecule has 0 aromatic heterocycles. The van der Waals surface area contributed by atoms with E-state index >= 15 is 0 Å². The number of rotatable bonds is 4. The van der Waals surface area contributed by atoms with Crippen LogP contribution >= 0.6 is 0 Å². The van der Waals surface area contributed by atoms with E-state index in [0.717, 1.165) is 49.2 Å². The highest BCUT2D eigenvalue weighted by Crippen LogP contribution is 2.38. The van der Waals surface area contributed by atoms with Gasteiger partial charge in [0.15, 0.2) is 0 Å². The van der Waals surface area contributed by atoms with Crippen molar-refractivity contribution in [1.82, 2.24) is 4.90 Å². The van der Waals surface area contributed by atoms with Crippen molar-refractivity contribution in [2.45, 2.75) is 38.7 Å². The molecular formula is C20H26FNO3. The number of halogens is 1. The summed E-state index contributed by atoms with van der Waals surface area (Å²) in [5.41, 5.74) is 1.39. The summed E-state index contributed by atoms with van der Waals surface area (Å²) in [6, 6.07) is 4.75. The summed E-state index contributed by atoms with van der Waals surface area (Å²) in [5, 5.41) is 0. The fraction of sp³-hybridized carbons (Fsp3) is 0.550. The lowest BCUT2D eigenvalue weighted by molar-refractivity contribution is -0.136. The molecule has 0 saturated heterocycles. The van der Waals surface area contributed by atoms with Crippen LogP contribution in [-0.2, 0) is 16.0 Å². The minimum atomic E-state index is -0.290. The Hall–Kier alpha value is -1.88. The third-order valence-corrected chi connectivity index (χ3v) is 5.32. The van der Waals surface area contributed by atoms with E-state index in [-0.39, 0.29) is 17.4 Å². The summed E-state index contributed by atoms with van der Waals surface area (Å²) in [4.78, 5) is 14.0. The SMILES string of the molecule is COC(=O)C1=CCCN(CCC2Cc3cc(F)ccc3OC2(C)C)C1. The van der Waals surface area contributed by atoms with Gasteiger partial charge in [0.25, 0.3) is 0 Å². The van der Waals surface area contributed by atoms with E-state index in [1.54, 1.807) is 12.1 Å². The highest BCUT2D eigenvalue weighted by atomic mass is 19.1. The van der Waals surface area contributed by atoms with E-state index in [0.29, 0.717) is 12.5 Å². The average Bonchev–Trinajstić information content (AvgIpc) is 2.59. The number of ether oxygens (including phenoxy) is 2. The maximum absolute atomic E-state index is 13.5. The van der Waals surface area contributed by atoms with E-state index in [1.165, 1.54) is 13.2 Å². The van der Waals surface area contributed by atoms with Crippen molar-refractivity contribution in [1.29, 1.82) is 0 Å². The smallest absolute Gasteiger partial charge is 0.334 e. The molecule has 4 nitrogen and oxygen atoms in total. The molecule has 0 bridgehead atoms. The molecule has 1 aromatic carbocycles. The topological polar surface area (TPSA) is 38.8 Å². The van der Waals surface area contributed by atoms with Crippen LogP contribution in [0, 0.1) is 11.7 Å². The second-order valence-electron chi connectivity index (χ2n) is 7.43. The first-order valence-electron chi connectivity index (χ1n) is 8.86. The number of hydrogen-bond donors (Lipinski definition) is 0. The number of methoxy groups -OCH3 is 1. The zero-order valence-electron chi connectivity index (χ0n) is 15.2. The molecule has 0 N–H and O–H groups in total. The highest BCUT2D eigenvalue weighted by molar-refractivity contribution is 5.88. The number of fused-ring (bicyclic) bond motifs is 1. The summed E-state index contributed by atoms with van der Waals surface area (Å²) in [6.45, 7) is 6.65. The van der Waals surface area contributed by atoms with Gasteiger partial charge in [-0.25, -0.2) is 9.18 Å². The summed E-state index contributed by atoms with van der Waals surface area (Å²) < 4.78 is 24.5. The first-order valence-corrected chi connectivity index (χ1v) is 8.86. The first-order chi connectivity index (χ1) is 11.9. The van der Waals surface area contributed by atoms with Gasteiger partial charge < -0.3 is 9.47 Å². The van der Waals surface area contributed by atoms with Gasteiger partial charge in [0.05, 0.1) is 7.11 Å². The molecule has 2 aliphatic rings. The normalized spacial score (nSPS) is 22.6. The highest BCUT2D eigenvalue weighted by Gasteiger charge is 2.37. The van der Waals surface area contributed by atoms with Crippen LogP contribution in [0.4, 0.5) is 4.39 Å². The van der Waals surface area contributed by atoms with Gasteiger partial charge in [-0.3, -0.25) is 4.90 Å². The number of carbonyl (C=O) groups is 1. The molecule has 0 amide bonds. The lowest BCUT2D eigenvalue weighted by Gasteiger charge is -2.41. The Labute approximate surface area is 148 Å². The van der Waals surface area contributed by atoms with E-state index in [1.807, 2.05) is 6.08 Å². The van der Waals surface area contributed by atoms with Crippen molar-refractivity contribution in [3.63, 3.8) is 0 Å². The Morgan fingerprint density at radius 3 is 3.00 bits per heavy atom. The maximum Gasteiger partial charge on any atom is 0.334 e. The summed E-state index contributed by atoms with van der Waals surface area (Å²) in [7, 11) is 1.42. The fourth-order valence-electron chi connectivity index (χ4n) is 3.75. The van der Waals surface area contributed by atoms with Crippen LogP contribution in [0.2, 0.25) is 0 Å². The van der Waals surface area contributed by atoms with E-state index in [4.69, 9.17) is 9.47 Å². The molecule has 1 atom stereocenters. The molecule has 0 saturated carbocycles. The largest absolute Gasteiger partial charge is 0.487 e. The van der Waals surface area contributed by atoms with E-state index in [2.05, 4.69) is 18.7 Å². The summed E-state index contributed by atoms with van der Waals surface area (Å²) in [6.07, 6.45) is 4.59. The van der Waals surface area contributed by atoms with Crippen molar-refractivity contribution in [3.8, 4) is 5.75 Å². The second-order valence-corrected chi connectivity index (χ2v) is 7.43. The maximum atomic E-state index is 13.5. The number of hydrogen-bond acceptors (Lipinski definition) is 4. The van der Waals surface area contributed by atoms with Crippen molar-refractivity contribution in [2.75, 3.05) is 26.7 Å². The lowest BCUT2D eigenvalue weighted by Crippen LogP contribution is -2.44. The zero-order valence-corrected chi connectivity index (χ0v) is 15.2. The number of carbonyl (C=O) groups excluding carboxylic acids is 1. The van der Waals surface area contributed by atoms with Crippen LogP contribution in [-0.4, -0.2) is 43.2 Å². The first kappa shape index (κ1) is 17.9. The number of benzene rings is 1. The predicted molar refractivity (Wildman–Crippen MR) is 94.1 cm³/mol. The number of esters is 1. The third-order valence-electron chi connectivity index (χ3n) is 5.32. The van der Waals surface area contributed by atoms with Gasteiger partial charge in [-0.2, -0.15) is 0 Å². The van der Waals surface area contributed by atoms with Crippen LogP contribution < -0.4 is 4.74 Å². The average molecular weight is 347 g/mol. The fourth-order valence-corrected chi connectivity index (χ4v) is 3.75. The van der Waals surface area contributed by atoms with E-state index < -0.39 is 0 Å². The van der Waals surface area contributed by atoms with Crippen molar-refractivity contribution in [3.05, 3.63) is 41.2 Å². The monoisotopic (exact) mass is 347 g/mol. The molecule has 5 heteroatoms. The van der Waals surface area contributed by atoms with Gasteiger partial charge in [-0.1, -0.05) is 6.08 Å². The minimum Gasteiger partial charge on any atom is -0.487 e. The third kappa shape index (κ3) is 4.03. The predicted octanol–water partition coefficient (Wildman–Crippen LogP) is 3.35. The standard InChI is InChI=1S/C20H26FNO3/c1-20(2)16(11-15-12-17(21)6-7-18(15)25-20)8-10-22-9-4-5-14(13-22)19(23)24-3/h5-7,12,16H,4,8-11,13H2,1-3H3. The molecule has 0 radical (unpaired) electrons. The Morgan fingerprint density at radius 2 is 2.24 bits per heavy atom. The molecule has 1 aromatic rings. The molecule has 0 aliphatic carbocycles. The molecule has 1 unspecified atom stereocenters. The zero-order chi connectivity index (χ0) is 18.0. The molecule has 3 rings (SSSR count). The van der Waals surface area contributed by atoms with Gasteiger partial charge >= 0.3 is 5.97 Å². The molecule has 2 aliphatic heterocycles. The van der Waals surface area contributed by atoms with E-state index in [9.17, 15) is 9.18 Å². The van der Waals surface area contributed by atoms with Gasteiger partial charge in [0, 0.05) is 24.6 Å². The van der Waals surface area contributed by atoms with Crippen LogP contribution in [0.15, 0.2) is 29.8 Å². The minimum absolute atomic E-state index is 0.218. The van der Waals surface area contributed by atoms with Gasteiger partial charge in [-0.15, -0.1) is 0 Å². The van der Waals surface area contributed by atoms with Crippen LogP contribution in [0.25, 0.3) is 0 Å². The molecule has 136 valence electrons.